The SMILES string of the molecule is NC(Cc1ccc(O)cc1)C(=O)OCCOCCO[N+](=O)[O-]. The number of phenols is 1. The van der Waals surface area contributed by atoms with Crippen LogP contribution in [0.4, 0.5) is 0 Å². The third-order valence-electron chi connectivity index (χ3n) is 2.59. The Morgan fingerprint density at radius 1 is 1.23 bits per heavy atom. The van der Waals surface area contributed by atoms with E-state index in [2.05, 4.69) is 4.84 Å². The average molecular weight is 314 g/mol. The first-order chi connectivity index (χ1) is 10.5. The lowest BCUT2D eigenvalue weighted by Crippen LogP contribution is -2.35. The van der Waals surface area contributed by atoms with Gasteiger partial charge in [0.15, 0.2) is 0 Å². The second-order valence-electron chi connectivity index (χ2n) is 4.31. The Morgan fingerprint density at radius 3 is 2.50 bits per heavy atom. The maximum absolute atomic E-state index is 11.6. The monoisotopic (exact) mass is 314 g/mol. The molecule has 0 aliphatic carbocycles. The highest BCUT2D eigenvalue weighted by Gasteiger charge is 2.15. The van der Waals surface area contributed by atoms with Crippen LogP contribution in [-0.4, -0.2) is 48.6 Å². The molecule has 1 rings (SSSR count). The van der Waals surface area contributed by atoms with Crippen molar-refractivity contribution in [1.82, 2.24) is 0 Å². The Morgan fingerprint density at radius 2 is 1.86 bits per heavy atom. The van der Waals surface area contributed by atoms with Crippen LogP contribution < -0.4 is 5.73 Å². The van der Waals surface area contributed by atoms with Gasteiger partial charge >= 0.3 is 5.97 Å². The van der Waals surface area contributed by atoms with Gasteiger partial charge in [0.2, 0.25) is 0 Å². The highest BCUT2D eigenvalue weighted by atomic mass is 17.0. The van der Waals surface area contributed by atoms with E-state index < -0.39 is 17.1 Å². The summed E-state index contributed by atoms with van der Waals surface area (Å²) < 4.78 is 9.88. The fourth-order valence-electron chi connectivity index (χ4n) is 1.55. The van der Waals surface area contributed by atoms with Gasteiger partial charge in [-0.05, 0) is 24.1 Å². The summed E-state index contributed by atoms with van der Waals surface area (Å²) in [6.45, 7) is -0.0568. The van der Waals surface area contributed by atoms with E-state index in [4.69, 9.17) is 20.3 Å². The summed E-state index contributed by atoms with van der Waals surface area (Å²) in [7, 11) is 0. The number of nitrogens with zero attached hydrogens (tertiary/aromatic N) is 1. The Kier molecular flexibility index (Phi) is 7.65. The van der Waals surface area contributed by atoms with Crippen molar-refractivity contribution in [3.05, 3.63) is 39.9 Å². The molecule has 0 radical (unpaired) electrons. The van der Waals surface area contributed by atoms with E-state index in [0.29, 0.717) is 0 Å². The van der Waals surface area contributed by atoms with Crippen molar-refractivity contribution in [3.63, 3.8) is 0 Å². The van der Waals surface area contributed by atoms with Gasteiger partial charge in [-0.15, -0.1) is 10.1 Å². The summed E-state index contributed by atoms with van der Waals surface area (Å²) >= 11 is 0. The van der Waals surface area contributed by atoms with E-state index in [1.54, 1.807) is 12.1 Å². The Labute approximate surface area is 126 Å². The smallest absolute Gasteiger partial charge is 0.323 e. The normalized spacial score (nSPS) is 11.7. The maximum Gasteiger partial charge on any atom is 0.323 e. The van der Waals surface area contributed by atoms with Crippen molar-refractivity contribution in [3.8, 4) is 5.75 Å². The largest absolute Gasteiger partial charge is 0.508 e. The van der Waals surface area contributed by atoms with Crippen molar-refractivity contribution in [1.29, 1.82) is 0 Å². The number of ether oxygens (including phenoxy) is 2. The molecule has 0 bridgehead atoms. The van der Waals surface area contributed by atoms with E-state index in [-0.39, 0.29) is 38.6 Å². The van der Waals surface area contributed by atoms with Crippen LogP contribution in [0.1, 0.15) is 5.56 Å². The van der Waals surface area contributed by atoms with Crippen LogP contribution in [0.15, 0.2) is 24.3 Å². The third-order valence-corrected chi connectivity index (χ3v) is 2.59. The Hall–Kier alpha value is -2.39. The minimum atomic E-state index is -0.911. The van der Waals surface area contributed by atoms with Crippen LogP contribution in [0, 0.1) is 10.1 Å². The van der Waals surface area contributed by atoms with Crippen LogP contribution in [0.25, 0.3) is 0 Å². The van der Waals surface area contributed by atoms with Crippen molar-refractivity contribution in [2.75, 3.05) is 26.4 Å². The van der Waals surface area contributed by atoms with E-state index >= 15 is 0 Å². The molecule has 9 nitrogen and oxygen atoms in total. The first-order valence-corrected chi connectivity index (χ1v) is 6.54. The summed E-state index contributed by atoms with van der Waals surface area (Å²) in [5, 5.41) is 18.1. The lowest BCUT2D eigenvalue weighted by Gasteiger charge is -2.12. The van der Waals surface area contributed by atoms with Gasteiger partial charge in [-0.25, -0.2) is 0 Å². The van der Waals surface area contributed by atoms with Crippen molar-refractivity contribution < 1.29 is 29.3 Å². The van der Waals surface area contributed by atoms with Crippen LogP contribution in [0.3, 0.4) is 0 Å². The summed E-state index contributed by atoms with van der Waals surface area (Å²) in [6.07, 6.45) is 0.288. The van der Waals surface area contributed by atoms with Crippen LogP contribution >= 0.6 is 0 Å². The number of carbonyl (C=O) groups excluding carboxylic acids is 1. The molecule has 1 unspecified atom stereocenters. The molecule has 9 heteroatoms. The molecule has 0 heterocycles. The molecule has 22 heavy (non-hydrogen) atoms. The quantitative estimate of drug-likeness (QED) is 0.267. The van der Waals surface area contributed by atoms with E-state index in [1.807, 2.05) is 0 Å². The molecule has 0 saturated carbocycles. The molecule has 0 aliphatic rings. The number of phenolic OH excluding ortho intramolecular Hbond substituents is 1. The molecule has 3 N–H and O–H groups in total. The zero-order chi connectivity index (χ0) is 16.4. The van der Waals surface area contributed by atoms with Gasteiger partial charge in [0.25, 0.3) is 5.09 Å². The van der Waals surface area contributed by atoms with E-state index in [0.717, 1.165) is 5.56 Å². The molecule has 0 amide bonds. The zero-order valence-corrected chi connectivity index (χ0v) is 11.8. The van der Waals surface area contributed by atoms with E-state index in [1.165, 1.54) is 12.1 Å². The summed E-state index contributed by atoms with van der Waals surface area (Å²) in [6, 6.07) is 5.53. The fraction of sp³-hybridized carbons (Fsp3) is 0.462. The number of rotatable bonds is 10. The number of aromatic hydroxyl groups is 1. The predicted octanol–water partition coefficient (Wildman–Crippen LogP) is 0.0301. The summed E-state index contributed by atoms with van der Waals surface area (Å²) in [5.41, 5.74) is 6.51. The maximum atomic E-state index is 11.6. The first-order valence-electron chi connectivity index (χ1n) is 6.54. The Bertz CT molecular complexity index is 478. The summed E-state index contributed by atoms with van der Waals surface area (Å²) in [4.78, 5) is 25.5. The van der Waals surface area contributed by atoms with Crippen LogP contribution in [0.2, 0.25) is 0 Å². The molecular weight excluding hydrogens is 296 g/mol. The molecular formula is C13H18N2O7. The first kappa shape index (κ1) is 17.7. The number of benzene rings is 1. The number of hydrogen-bond acceptors (Lipinski definition) is 8. The molecule has 1 aromatic carbocycles. The second-order valence-corrected chi connectivity index (χ2v) is 4.31. The molecule has 0 saturated heterocycles. The van der Waals surface area contributed by atoms with Crippen molar-refractivity contribution in [2.45, 2.75) is 12.5 Å². The third kappa shape index (κ3) is 7.41. The highest BCUT2D eigenvalue weighted by molar-refractivity contribution is 5.75. The highest BCUT2D eigenvalue weighted by Crippen LogP contribution is 2.11. The van der Waals surface area contributed by atoms with E-state index in [9.17, 15) is 14.9 Å². The number of nitrogens with two attached hydrogens (primary N) is 1. The zero-order valence-electron chi connectivity index (χ0n) is 11.8. The van der Waals surface area contributed by atoms with Gasteiger partial charge < -0.3 is 25.2 Å². The van der Waals surface area contributed by atoms with Gasteiger partial charge in [-0.1, -0.05) is 12.1 Å². The minimum Gasteiger partial charge on any atom is -0.508 e. The summed E-state index contributed by atoms with van der Waals surface area (Å²) in [5.74, 6) is -0.434. The standard InChI is InChI=1S/C13H18N2O7/c14-12(9-10-1-3-11(16)4-2-10)13(17)21-7-5-20-6-8-22-15(18)19/h1-4,12,16H,5-9,14H2. The lowest BCUT2D eigenvalue weighted by atomic mass is 10.1. The van der Waals surface area contributed by atoms with Gasteiger partial charge in [-0.2, -0.15) is 0 Å². The van der Waals surface area contributed by atoms with Gasteiger partial charge in [0, 0.05) is 0 Å². The number of carbonyl (C=O) groups is 1. The lowest BCUT2D eigenvalue weighted by molar-refractivity contribution is -0.758. The van der Waals surface area contributed by atoms with Gasteiger partial charge in [0.05, 0.1) is 13.2 Å². The fourth-order valence-corrected chi connectivity index (χ4v) is 1.55. The molecule has 0 fully saturated rings. The number of esters is 1. The topological polar surface area (TPSA) is 134 Å². The molecule has 1 aromatic rings. The predicted molar refractivity (Wildman–Crippen MR) is 74.5 cm³/mol. The molecule has 0 aliphatic heterocycles. The van der Waals surface area contributed by atoms with Crippen LogP contribution in [0.5, 0.6) is 5.75 Å². The number of hydrogen-bond donors (Lipinski definition) is 2. The van der Waals surface area contributed by atoms with Crippen LogP contribution in [-0.2, 0) is 25.5 Å². The Balaban J connectivity index is 2.13. The molecule has 0 spiro atoms. The molecule has 1 atom stereocenters. The average Bonchev–Trinajstić information content (AvgIpc) is 2.48. The van der Waals surface area contributed by atoms with Crippen molar-refractivity contribution >= 4 is 5.97 Å². The van der Waals surface area contributed by atoms with Gasteiger partial charge in [0.1, 0.15) is 25.0 Å². The second kappa shape index (κ2) is 9.53. The van der Waals surface area contributed by atoms with Crippen molar-refractivity contribution in [2.24, 2.45) is 5.73 Å². The molecule has 0 aromatic heterocycles. The van der Waals surface area contributed by atoms with Gasteiger partial charge in [-0.3, -0.25) is 4.79 Å². The molecule has 122 valence electrons. The minimum absolute atomic E-state index is 0.000571.